The number of aromatic hydroxyl groups is 1. The molecule has 0 bridgehead atoms. The number of ether oxygens (including phenoxy) is 2. The molecule has 4 heteroatoms. The van der Waals surface area contributed by atoms with Crippen molar-refractivity contribution in [3.63, 3.8) is 0 Å². The van der Waals surface area contributed by atoms with E-state index in [4.69, 9.17) is 20.3 Å². The van der Waals surface area contributed by atoms with E-state index in [2.05, 4.69) is 6.92 Å². The van der Waals surface area contributed by atoms with Crippen molar-refractivity contribution in [3.8, 4) is 5.75 Å². The van der Waals surface area contributed by atoms with Crippen LogP contribution in [-0.2, 0) is 9.47 Å². The summed E-state index contributed by atoms with van der Waals surface area (Å²) in [7, 11) is 0. The summed E-state index contributed by atoms with van der Waals surface area (Å²) in [4.78, 5) is 0. The zero-order chi connectivity index (χ0) is 12.5. The summed E-state index contributed by atoms with van der Waals surface area (Å²) in [5.41, 5.74) is 5.98. The van der Waals surface area contributed by atoms with Crippen LogP contribution in [0.1, 0.15) is 19.8 Å². The number of hydrogen-bond donors (Lipinski definition) is 2. The van der Waals surface area contributed by atoms with Crippen molar-refractivity contribution in [2.75, 3.05) is 25.6 Å². The lowest BCUT2D eigenvalue weighted by atomic mass is 10.3. The maximum absolute atomic E-state index is 8.70. The van der Waals surface area contributed by atoms with Crippen LogP contribution in [-0.4, -0.2) is 31.0 Å². The second kappa shape index (κ2) is 7.92. The maximum Gasteiger partial charge on any atom is 0.115 e. The van der Waals surface area contributed by atoms with E-state index < -0.39 is 0 Å². The quantitative estimate of drug-likeness (QED) is 0.357. The Balaban J connectivity index is 0.000000171. The number of rotatable bonds is 5. The van der Waals surface area contributed by atoms with E-state index in [0.29, 0.717) is 11.8 Å². The molecule has 2 rings (SSSR count). The Morgan fingerprint density at radius 1 is 1.41 bits per heavy atom. The van der Waals surface area contributed by atoms with Crippen LogP contribution in [0.4, 0.5) is 5.69 Å². The summed E-state index contributed by atoms with van der Waals surface area (Å²) >= 11 is 0. The number of nitrogens with two attached hydrogens (primary N) is 1. The van der Waals surface area contributed by atoms with E-state index in [1.807, 2.05) is 0 Å². The molecule has 1 fully saturated rings. The Labute approximate surface area is 102 Å². The molecule has 1 heterocycles. The lowest BCUT2D eigenvalue weighted by Gasteiger charge is -1.97. The highest BCUT2D eigenvalue weighted by atomic mass is 16.6. The molecule has 1 aliphatic rings. The van der Waals surface area contributed by atoms with E-state index >= 15 is 0 Å². The number of anilines is 1. The molecule has 4 nitrogen and oxygen atoms in total. The molecule has 0 aliphatic carbocycles. The fourth-order valence-corrected chi connectivity index (χ4v) is 1.10. The van der Waals surface area contributed by atoms with Crippen molar-refractivity contribution in [3.05, 3.63) is 24.3 Å². The number of benzene rings is 1. The van der Waals surface area contributed by atoms with Crippen LogP contribution in [0.3, 0.4) is 0 Å². The minimum absolute atomic E-state index is 0.249. The Bertz CT molecular complexity index is 275. The molecule has 1 saturated heterocycles. The SMILES string of the molecule is CCCCOCC1CO1.Nc1ccc(O)cc1. The highest BCUT2D eigenvalue weighted by molar-refractivity contribution is 5.40. The molecular formula is C13H21NO3. The highest BCUT2D eigenvalue weighted by Crippen LogP contribution is 2.09. The largest absolute Gasteiger partial charge is 0.508 e. The highest BCUT2D eigenvalue weighted by Gasteiger charge is 2.21. The summed E-state index contributed by atoms with van der Waals surface area (Å²) in [5, 5.41) is 8.70. The normalized spacial score (nSPS) is 17.1. The van der Waals surface area contributed by atoms with E-state index in [9.17, 15) is 0 Å². The smallest absolute Gasteiger partial charge is 0.115 e. The summed E-state index contributed by atoms with van der Waals surface area (Å²) in [6, 6.07) is 6.40. The Hall–Kier alpha value is -1.26. The van der Waals surface area contributed by atoms with Gasteiger partial charge < -0.3 is 20.3 Å². The number of hydrogen-bond acceptors (Lipinski definition) is 4. The molecule has 1 aliphatic heterocycles. The summed E-state index contributed by atoms with van der Waals surface area (Å²) in [6.07, 6.45) is 2.82. The lowest BCUT2D eigenvalue weighted by Crippen LogP contribution is -2.01. The third-order valence-electron chi connectivity index (χ3n) is 2.24. The van der Waals surface area contributed by atoms with Crippen molar-refractivity contribution in [2.45, 2.75) is 25.9 Å². The molecule has 96 valence electrons. The van der Waals surface area contributed by atoms with Gasteiger partial charge in [-0.05, 0) is 30.7 Å². The topological polar surface area (TPSA) is 68.0 Å². The zero-order valence-electron chi connectivity index (χ0n) is 10.3. The predicted octanol–water partition coefficient (Wildman–Crippen LogP) is 2.18. The third kappa shape index (κ3) is 7.60. The molecule has 1 unspecified atom stereocenters. The van der Waals surface area contributed by atoms with Crippen molar-refractivity contribution < 1.29 is 14.6 Å². The summed E-state index contributed by atoms with van der Waals surface area (Å²) in [5.74, 6) is 0.249. The first-order valence-corrected chi connectivity index (χ1v) is 5.96. The van der Waals surface area contributed by atoms with Gasteiger partial charge in [-0.3, -0.25) is 0 Å². The van der Waals surface area contributed by atoms with E-state index in [1.165, 1.54) is 12.8 Å². The van der Waals surface area contributed by atoms with Gasteiger partial charge in [-0.15, -0.1) is 0 Å². The van der Waals surface area contributed by atoms with Gasteiger partial charge in [0.15, 0.2) is 0 Å². The zero-order valence-corrected chi connectivity index (χ0v) is 10.3. The molecule has 0 amide bonds. The van der Waals surface area contributed by atoms with Crippen LogP contribution in [0.25, 0.3) is 0 Å². The average molecular weight is 239 g/mol. The molecule has 1 aromatic carbocycles. The first kappa shape index (κ1) is 13.8. The Kier molecular flexibility index (Phi) is 6.43. The molecule has 17 heavy (non-hydrogen) atoms. The van der Waals surface area contributed by atoms with E-state index in [0.717, 1.165) is 19.8 Å². The molecule has 3 N–H and O–H groups in total. The third-order valence-corrected chi connectivity index (χ3v) is 2.24. The first-order valence-electron chi connectivity index (χ1n) is 5.96. The number of phenols is 1. The van der Waals surface area contributed by atoms with Crippen molar-refractivity contribution >= 4 is 5.69 Å². The second-order valence-corrected chi connectivity index (χ2v) is 3.98. The molecule has 1 aromatic rings. The molecule has 1 atom stereocenters. The minimum Gasteiger partial charge on any atom is -0.508 e. The van der Waals surface area contributed by atoms with Gasteiger partial charge in [-0.2, -0.15) is 0 Å². The number of epoxide rings is 1. The summed E-state index contributed by atoms with van der Waals surface area (Å²) in [6.45, 7) is 4.78. The van der Waals surface area contributed by atoms with Gasteiger partial charge in [-0.25, -0.2) is 0 Å². The Morgan fingerprint density at radius 2 is 2.06 bits per heavy atom. The monoisotopic (exact) mass is 239 g/mol. The van der Waals surface area contributed by atoms with Gasteiger partial charge in [0.1, 0.15) is 11.9 Å². The standard InChI is InChI=1S/C7H14O2.C6H7NO/c1-2-3-4-8-5-7-6-9-7;7-5-1-3-6(8)4-2-5/h7H,2-6H2,1H3;1-4,8H,7H2. The maximum atomic E-state index is 8.70. The fraction of sp³-hybridized carbons (Fsp3) is 0.538. The lowest BCUT2D eigenvalue weighted by molar-refractivity contribution is 0.114. The first-order chi connectivity index (χ1) is 8.22. The van der Waals surface area contributed by atoms with Crippen LogP contribution in [0.5, 0.6) is 5.75 Å². The number of phenolic OH excluding ortho intramolecular Hbond substituents is 1. The summed E-state index contributed by atoms with van der Waals surface area (Å²) < 4.78 is 10.2. The molecular weight excluding hydrogens is 218 g/mol. The van der Waals surface area contributed by atoms with Gasteiger partial charge in [0.05, 0.1) is 13.2 Å². The van der Waals surface area contributed by atoms with Gasteiger partial charge in [-0.1, -0.05) is 13.3 Å². The van der Waals surface area contributed by atoms with Crippen LogP contribution in [0.15, 0.2) is 24.3 Å². The van der Waals surface area contributed by atoms with Crippen molar-refractivity contribution in [1.29, 1.82) is 0 Å². The van der Waals surface area contributed by atoms with Gasteiger partial charge in [0.2, 0.25) is 0 Å². The number of nitrogen functional groups attached to an aromatic ring is 1. The van der Waals surface area contributed by atoms with Gasteiger partial charge in [0, 0.05) is 12.3 Å². The van der Waals surface area contributed by atoms with Gasteiger partial charge >= 0.3 is 0 Å². The van der Waals surface area contributed by atoms with Crippen molar-refractivity contribution in [1.82, 2.24) is 0 Å². The van der Waals surface area contributed by atoms with E-state index in [-0.39, 0.29) is 5.75 Å². The van der Waals surface area contributed by atoms with Crippen LogP contribution in [0.2, 0.25) is 0 Å². The van der Waals surface area contributed by atoms with Gasteiger partial charge in [0.25, 0.3) is 0 Å². The number of unbranched alkanes of at least 4 members (excludes halogenated alkanes) is 1. The van der Waals surface area contributed by atoms with E-state index in [1.54, 1.807) is 24.3 Å². The fourth-order valence-electron chi connectivity index (χ4n) is 1.10. The molecule has 0 saturated carbocycles. The molecule has 0 radical (unpaired) electrons. The average Bonchev–Trinajstić information content (AvgIpc) is 3.14. The predicted molar refractivity (Wildman–Crippen MR) is 68.0 cm³/mol. The van der Waals surface area contributed by atoms with Crippen LogP contribution in [0, 0.1) is 0 Å². The molecule has 0 spiro atoms. The molecule has 0 aromatic heterocycles. The van der Waals surface area contributed by atoms with Crippen molar-refractivity contribution in [2.24, 2.45) is 0 Å². The minimum atomic E-state index is 0.249. The van der Waals surface area contributed by atoms with Crippen LogP contribution >= 0.6 is 0 Å². The van der Waals surface area contributed by atoms with Crippen LogP contribution < -0.4 is 5.73 Å². The Morgan fingerprint density at radius 3 is 2.53 bits per heavy atom. The second-order valence-electron chi connectivity index (χ2n) is 3.98.